The minimum absolute atomic E-state index is 0.503. The van der Waals surface area contributed by atoms with Gasteiger partial charge in [-0.2, -0.15) is 0 Å². The molecule has 1 saturated heterocycles. The molecule has 0 N–H and O–H groups in total. The van der Waals surface area contributed by atoms with Crippen molar-refractivity contribution >= 4 is 11.9 Å². The van der Waals surface area contributed by atoms with Gasteiger partial charge in [-0.1, -0.05) is 39.6 Å². The third kappa shape index (κ3) is 2.08. The molecule has 1 spiro atoms. The van der Waals surface area contributed by atoms with E-state index in [1.54, 1.807) is 0 Å². The van der Waals surface area contributed by atoms with E-state index in [0.29, 0.717) is 10.8 Å². The van der Waals surface area contributed by atoms with Crippen molar-refractivity contribution in [2.75, 3.05) is 19.3 Å². The lowest BCUT2D eigenvalue weighted by Gasteiger charge is -2.47. The average Bonchev–Trinajstić information content (AvgIpc) is 2.39. The van der Waals surface area contributed by atoms with Crippen molar-refractivity contribution in [1.29, 1.82) is 0 Å². The van der Waals surface area contributed by atoms with Gasteiger partial charge in [-0.05, 0) is 41.8 Å². The van der Waals surface area contributed by atoms with E-state index < -0.39 is 0 Å². The van der Waals surface area contributed by atoms with Crippen molar-refractivity contribution in [3.05, 3.63) is 0 Å². The van der Waals surface area contributed by atoms with Crippen LogP contribution in [0.5, 0.6) is 0 Å². The molecule has 88 valence electrons. The summed E-state index contributed by atoms with van der Waals surface area (Å²) < 4.78 is 2.51. The number of hydrogen-bond acceptors (Lipinski definition) is 2. The molecule has 2 fully saturated rings. The van der Waals surface area contributed by atoms with Gasteiger partial charge in [-0.25, -0.2) is 4.31 Å². The van der Waals surface area contributed by atoms with Crippen molar-refractivity contribution in [3.8, 4) is 0 Å². The Bertz CT molecular complexity index is 237. The van der Waals surface area contributed by atoms with E-state index in [1.165, 1.54) is 25.9 Å². The lowest BCUT2D eigenvalue weighted by Crippen LogP contribution is -2.51. The topological polar surface area (TPSA) is 3.24 Å². The van der Waals surface area contributed by atoms with Crippen LogP contribution in [0, 0.1) is 22.7 Å². The molecule has 15 heavy (non-hydrogen) atoms. The predicted octanol–water partition coefficient (Wildman–Crippen LogP) is 3.66. The van der Waals surface area contributed by atoms with E-state index >= 15 is 0 Å². The molecule has 0 radical (unpaired) electrons. The molecule has 1 nitrogen and oxygen atoms in total. The molecule has 0 aromatic carbocycles. The third-order valence-electron chi connectivity index (χ3n) is 4.49. The van der Waals surface area contributed by atoms with Crippen molar-refractivity contribution < 1.29 is 0 Å². The SMILES string of the molecule is CSN1CC2(CC(C)C(C(C)(C)C)C2)C1. The normalized spacial score (nSPS) is 35.8. The first-order valence-corrected chi connectivity index (χ1v) is 7.33. The summed E-state index contributed by atoms with van der Waals surface area (Å²) in [4.78, 5) is 0. The molecule has 2 unspecified atom stereocenters. The molecule has 2 aliphatic rings. The van der Waals surface area contributed by atoms with Crippen LogP contribution in [0.1, 0.15) is 40.5 Å². The number of rotatable bonds is 1. The van der Waals surface area contributed by atoms with E-state index in [4.69, 9.17) is 0 Å². The fourth-order valence-corrected chi connectivity index (χ4v) is 4.63. The van der Waals surface area contributed by atoms with Crippen LogP contribution < -0.4 is 0 Å². The molecule has 0 amide bonds. The molecule has 0 aromatic heterocycles. The minimum atomic E-state index is 0.503. The quantitative estimate of drug-likeness (QED) is 0.629. The Morgan fingerprint density at radius 1 is 1.20 bits per heavy atom. The summed E-state index contributed by atoms with van der Waals surface area (Å²) in [6.07, 6.45) is 5.13. The first kappa shape index (κ1) is 11.8. The van der Waals surface area contributed by atoms with Crippen LogP contribution >= 0.6 is 11.9 Å². The molecule has 1 aliphatic carbocycles. The second-order valence-electron chi connectivity index (χ2n) is 6.84. The maximum Gasteiger partial charge on any atom is 0.0159 e. The molecule has 2 rings (SSSR count). The average molecular weight is 227 g/mol. The van der Waals surface area contributed by atoms with Gasteiger partial charge in [0.1, 0.15) is 0 Å². The third-order valence-corrected chi connectivity index (χ3v) is 5.26. The summed E-state index contributed by atoms with van der Waals surface area (Å²) in [5.74, 6) is 1.86. The van der Waals surface area contributed by atoms with Crippen molar-refractivity contribution in [3.63, 3.8) is 0 Å². The van der Waals surface area contributed by atoms with Crippen LogP contribution in [-0.4, -0.2) is 23.7 Å². The van der Waals surface area contributed by atoms with Crippen molar-refractivity contribution in [1.82, 2.24) is 4.31 Å². The first-order chi connectivity index (χ1) is 6.86. The van der Waals surface area contributed by atoms with Crippen molar-refractivity contribution in [2.45, 2.75) is 40.5 Å². The highest BCUT2D eigenvalue weighted by molar-refractivity contribution is 7.96. The fourth-order valence-electron chi connectivity index (χ4n) is 3.83. The maximum atomic E-state index is 2.51. The zero-order chi connectivity index (χ0) is 11.3. The fraction of sp³-hybridized carbons (Fsp3) is 1.00. The molecular weight excluding hydrogens is 202 g/mol. The monoisotopic (exact) mass is 227 g/mol. The van der Waals surface area contributed by atoms with Crippen molar-refractivity contribution in [2.24, 2.45) is 22.7 Å². The van der Waals surface area contributed by atoms with Gasteiger partial charge in [-0.15, -0.1) is 0 Å². The summed E-state index contributed by atoms with van der Waals surface area (Å²) in [7, 11) is 0. The van der Waals surface area contributed by atoms with Crippen LogP contribution in [0.25, 0.3) is 0 Å². The molecule has 1 heterocycles. The number of nitrogens with zero attached hydrogens (tertiary/aromatic N) is 1. The maximum absolute atomic E-state index is 2.51. The Morgan fingerprint density at radius 3 is 2.20 bits per heavy atom. The van der Waals surface area contributed by atoms with Gasteiger partial charge in [0.05, 0.1) is 0 Å². The molecule has 2 heteroatoms. The summed E-state index contributed by atoms with van der Waals surface area (Å²) >= 11 is 1.92. The second-order valence-corrected chi connectivity index (χ2v) is 7.72. The Labute approximate surface area is 99.1 Å². The van der Waals surface area contributed by atoms with Crippen LogP contribution in [0.15, 0.2) is 0 Å². The Kier molecular flexibility index (Phi) is 2.88. The van der Waals surface area contributed by atoms with Gasteiger partial charge >= 0.3 is 0 Å². The van der Waals surface area contributed by atoms with E-state index in [2.05, 4.69) is 38.3 Å². The zero-order valence-corrected chi connectivity index (χ0v) is 11.7. The van der Waals surface area contributed by atoms with E-state index in [9.17, 15) is 0 Å². The van der Waals surface area contributed by atoms with E-state index in [1.807, 2.05) is 11.9 Å². The molecular formula is C13H25NS. The van der Waals surface area contributed by atoms with Gasteiger partial charge in [0.15, 0.2) is 0 Å². The largest absolute Gasteiger partial charge is 0.250 e. The Hall–Kier alpha value is 0.310. The minimum Gasteiger partial charge on any atom is -0.250 e. The summed E-state index contributed by atoms with van der Waals surface area (Å²) in [5.41, 5.74) is 1.20. The van der Waals surface area contributed by atoms with Gasteiger partial charge in [0.25, 0.3) is 0 Å². The van der Waals surface area contributed by atoms with Crippen LogP contribution in [0.3, 0.4) is 0 Å². The first-order valence-electron chi connectivity index (χ1n) is 6.15. The molecule has 0 aromatic rings. The molecule has 0 bridgehead atoms. The molecule has 1 saturated carbocycles. The van der Waals surface area contributed by atoms with E-state index in [-0.39, 0.29) is 0 Å². The Balaban J connectivity index is 1.99. The zero-order valence-electron chi connectivity index (χ0n) is 10.8. The highest BCUT2D eigenvalue weighted by atomic mass is 32.2. The second kappa shape index (κ2) is 3.66. The van der Waals surface area contributed by atoms with Gasteiger partial charge in [0, 0.05) is 13.1 Å². The van der Waals surface area contributed by atoms with E-state index in [0.717, 1.165) is 11.8 Å². The van der Waals surface area contributed by atoms with Crippen LogP contribution in [-0.2, 0) is 0 Å². The van der Waals surface area contributed by atoms with Gasteiger partial charge in [0.2, 0.25) is 0 Å². The molecule has 2 atom stereocenters. The standard InChI is InChI=1S/C13H25NS/c1-10-6-13(8-14(9-13)15-5)7-11(10)12(2,3)4/h10-11H,6-9H2,1-5H3. The lowest BCUT2D eigenvalue weighted by molar-refractivity contribution is 0.0735. The predicted molar refractivity (Wildman–Crippen MR) is 68.9 cm³/mol. The van der Waals surface area contributed by atoms with Gasteiger partial charge < -0.3 is 0 Å². The summed E-state index contributed by atoms with van der Waals surface area (Å²) in [6.45, 7) is 12.4. The number of hydrogen-bond donors (Lipinski definition) is 0. The lowest BCUT2D eigenvalue weighted by atomic mass is 9.73. The highest BCUT2D eigenvalue weighted by Crippen LogP contribution is 2.56. The summed E-state index contributed by atoms with van der Waals surface area (Å²) in [5, 5.41) is 0. The van der Waals surface area contributed by atoms with Crippen LogP contribution in [0.4, 0.5) is 0 Å². The van der Waals surface area contributed by atoms with Gasteiger partial charge in [-0.3, -0.25) is 0 Å². The Morgan fingerprint density at radius 2 is 1.80 bits per heavy atom. The smallest absolute Gasteiger partial charge is 0.0159 e. The molecule has 1 aliphatic heterocycles. The van der Waals surface area contributed by atoms with Crippen LogP contribution in [0.2, 0.25) is 0 Å². The summed E-state index contributed by atoms with van der Waals surface area (Å²) in [6, 6.07) is 0. The highest BCUT2D eigenvalue weighted by Gasteiger charge is 2.52.